The summed E-state index contributed by atoms with van der Waals surface area (Å²) in [6.45, 7) is 0.464. The van der Waals surface area contributed by atoms with Crippen LogP contribution in [0.25, 0.3) is 0 Å². The summed E-state index contributed by atoms with van der Waals surface area (Å²) in [6, 6.07) is 6.99. The summed E-state index contributed by atoms with van der Waals surface area (Å²) in [5, 5.41) is 3.20. The van der Waals surface area contributed by atoms with Gasteiger partial charge in [0.15, 0.2) is 0 Å². The van der Waals surface area contributed by atoms with Crippen molar-refractivity contribution in [2.45, 2.75) is 12.6 Å². The number of hydrogen-bond acceptors (Lipinski definition) is 5. The average Bonchev–Trinajstić information content (AvgIpc) is 2.53. The minimum atomic E-state index is -0.0854. The number of methoxy groups -OCH3 is 2. The standard InChI is InChI=1S/C15H19N3O3/c1-16-13(9-18-10-17-7-6-15(18)19)12-5-4-11(20-2)8-14(12)21-3/h4-8,10,13,16H,9H2,1-3H3. The summed E-state index contributed by atoms with van der Waals surface area (Å²) in [5.74, 6) is 1.44. The van der Waals surface area contributed by atoms with Crippen LogP contribution in [0.1, 0.15) is 11.6 Å². The normalized spacial score (nSPS) is 12.0. The Kier molecular flexibility index (Phi) is 4.94. The molecule has 6 heteroatoms. The van der Waals surface area contributed by atoms with Gasteiger partial charge in [0.25, 0.3) is 5.56 Å². The van der Waals surface area contributed by atoms with Gasteiger partial charge in [-0.1, -0.05) is 0 Å². The first-order valence-corrected chi connectivity index (χ1v) is 6.59. The molecule has 1 unspecified atom stereocenters. The molecule has 21 heavy (non-hydrogen) atoms. The summed E-state index contributed by atoms with van der Waals surface area (Å²) >= 11 is 0. The Balaban J connectivity index is 2.33. The maximum Gasteiger partial charge on any atom is 0.253 e. The predicted molar refractivity (Wildman–Crippen MR) is 79.8 cm³/mol. The van der Waals surface area contributed by atoms with E-state index in [2.05, 4.69) is 10.3 Å². The maximum absolute atomic E-state index is 11.8. The van der Waals surface area contributed by atoms with E-state index in [9.17, 15) is 4.79 Å². The van der Waals surface area contributed by atoms with Gasteiger partial charge in [-0.2, -0.15) is 0 Å². The third-order valence-electron chi connectivity index (χ3n) is 3.34. The number of nitrogens with one attached hydrogen (secondary N) is 1. The first-order chi connectivity index (χ1) is 10.2. The molecule has 2 aromatic rings. The highest BCUT2D eigenvalue weighted by Gasteiger charge is 2.16. The summed E-state index contributed by atoms with van der Waals surface area (Å²) in [5.41, 5.74) is 0.870. The molecule has 0 saturated heterocycles. The molecule has 0 radical (unpaired) electrons. The van der Waals surface area contributed by atoms with Crippen LogP contribution in [0.5, 0.6) is 11.5 Å². The smallest absolute Gasteiger partial charge is 0.253 e. The fraction of sp³-hybridized carbons (Fsp3) is 0.333. The number of ether oxygens (including phenoxy) is 2. The van der Waals surface area contributed by atoms with Crippen molar-refractivity contribution < 1.29 is 9.47 Å². The largest absolute Gasteiger partial charge is 0.497 e. The quantitative estimate of drug-likeness (QED) is 0.866. The molecule has 0 aliphatic rings. The maximum atomic E-state index is 11.8. The topological polar surface area (TPSA) is 65.4 Å². The molecule has 0 aliphatic heterocycles. The highest BCUT2D eigenvalue weighted by atomic mass is 16.5. The summed E-state index contributed by atoms with van der Waals surface area (Å²) in [7, 11) is 5.07. The van der Waals surface area contributed by atoms with Crippen LogP contribution in [0.2, 0.25) is 0 Å². The van der Waals surface area contributed by atoms with Gasteiger partial charge in [0.2, 0.25) is 0 Å². The molecule has 1 aromatic heterocycles. The fourth-order valence-corrected chi connectivity index (χ4v) is 2.16. The van der Waals surface area contributed by atoms with E-state index in [4.69, 9.17) is 9.47 Å². The molecule has 1 atom stereocenters. The molecule has 6 nitrogen and oxygen atoms in total. The fourth-order valence-electron chi connectivity index (χ4n) is 2.16. The van der Waals surface area contributed by atoms with Crippen LogP contribution >= 0.6 is 0 Å². The Bertz CT molecular complexity index is 655. The summed E-state index contributed by atoms with van der Waals surface area (Å²) in [6.07, 6.45) is 3.02. The third kappa shape index (κ3) is 3.41. The molecule has 0 amide bonds. The van der Waals surface area contributed by atoms with E-state index < -0.39 is 0 Å². The Morgan fingerprint density at radius 2 is 2.10 bits per heavy atom. The van der Waals surface area contributed by atoms with Crippen molar-refractivity contribution in [2.75, 3.05) is 21.3 Å². The monoisotopic (exact) mass is 289 g/mol. The highest BCUT2D eigenvalue weighted by molar-refractivity contribution is 5.42. The Hall–Kier alpha value is -2.34. The van der Waals surface area contributed by atoms with E-state index >= 15 is 0 Å². The van der Waals surface area contributed by atoms with Crippen LogP contribution in [-0.2, 0) is 6.54 Å². The second kappa shape index (κ2) is 6.90. The lowest BCUT2D eigenvalue weighted by molar-refractivity contribution is 0.380. The second-order valence-corrected chi connectivity index (χ2v) is 4.52. The zero-order chi connectivity index (χ0) is 15.2. The number of likely N-dealkylation sites (N-methyl/N-ethyl adjacent to an activating group) is 1. The lowest BCUT2D eigenvalue weighted by Gasteiger charge is -2.20. The van der Waals surface area contributed by atoms with Gasteiger partial charge in [-0.25, -0.2) is 4.98 Å². The zero-order valence-electron chi connectivity index (χ0n) is 12.4. The Morgan fingerprint density at radius 3 is 2.71 bits per heavy atom. The lowest BCUT2D eigenvalue weighted by Crippen LogP contribution is -2.28. The van der Waals surface area contributed by atoms with Crippen LogP contribution in [0.15, 0.2) is 41.6 Å². The van der Waals surface area contributed by atoms with E-state index in [0.717, 1.165) is 11.3 Å². The molecule has 0 aliphatic carbocycles. The van der Waals surface area contributed by atoms with E-state index in [1.54, 1.807) is 18.8 Å². The van der Waals surface area contributed by atoms with Crippen LogP contribution < -0.4 is 20.3 Å². The first-order valence-electron chi connectivity index (χ1n) is 6.59. The Labute approximate surface area is 123 Å². The second-order valence-electron chi connectivity index (χ2n) is 4.52. The van der Waals surface area contributed by atoms with Crippen molar-refractivity contribution in [3.05, 3.63) is 52.7 Å². The first kappa shape index (κ1) is 15.1. The predicted octanol–water partition coefficient (Wildman–Crippen LogP) is 1.22. The van der Waals surface area contributed by atoms with Crippen LogP contribution in [0.3, 0.4) is 0 Å². The molecule has 0 saturated carbocycles. The van der Waals surface area contributed by atoms with Gasteiger partial charge in [-0.15, -0.1) is 0 Å². The van der Waals surface area contributed by atoms with Gasteiger partial charge >= 0.3 is 0 Å². The van der Waals surface area contributed by atoms with Crippen molar-refractivity contribution in [2.24, 2.45) is 0 Å². The van der Waals surface area contributed by atoms with Crippen molar-refractivity contribution in [1.82, 2.24) is 14.9 Å². The number of hydrogen-bond donors (Lipinski definition) is 1. The van der Waals surface area contributed by atoms with Gasteiger partial charge in [-0.3, -0.25) is 9.36 Å². The SMILES string of the molecule is CNC(Cn1cnccc1=O)c1ccc(OC)cc1OC. The molecular formula is C15H19N3O3. The number of benzene rings is 1. The van der Waals surface area contributed by atoms with Crippen molar-refractivity contribution in [3.63, 3.8) is 0 Å². The van der Waals surface area contributed by atoms with Crippen LogP contribution in [-0.4, -0.2) is 30.8 Å². The van der Waals surface area contributed by atoms with E-state index in [1.165, 1.54) is 18.6 Å². The minimum Gasteiger partial charge on any atom is -0.497 e. The van der Waals surface area contributed by atoms with Gasteiger partial charge in [0.05, 0.1) is 26.6 Å². The highest BCUT2D eigenvalue weighted by Crippen LogP contribution is 2.29. The Morgan fingerprint density at radius 1 is 1.29 bits per heavy atom. The van der Waals surface area contributed by atoms with Gasteiger partial charge in [0.1, 0.15) is 11.5 Å². The molecule has 1 aromatic carbocycles. The number of aromatic nitrogens is 2. The van der Waals surface area contributed by atoms with Crippen LogP contribution in [0.4, 0.5) is 0 Å². The molecule has 1 heterocycles. The summed E-state index contributed by atoms with van der Waals surface area (Å²) < 4.78 is 12.2. The van der Waals surface area contributed by atoms with Gasteiger partial charge in [-0.05, 0) is 19.2 Å². The molecule has 0 fully saturated rings. The molecule has 0 bridgehead atoms. The molecular weight excluding hydrogens is 270 g/mol. The van der Waals surface area contributed by atoms with Crippen molar-refractivity contribution in [3.8, 4) is 11.5 Å². The summed E-state index contributed by atoms with van der Waals surface area (Å²) in [4.78, 5) is 15.8. The third-order valence-corrected chi connectivity index (χ3v) is 3.34. The van der Waals surface area contributed by atoms with E-state index in [-0.39, 0.29) is 11.6 Å². The number of rotatable bonds is 6. The molecule has 0 spiro atoms. The molecule has 112 valence electrons. The lowest BCUT2D eigenvalue weighted by atomic mass is 10.1. The van der Waals surface area contributed by atoms with E-state index in [1.807, 2.05) is 25.2 Å². The minimum absolute atomic E-state index is 0.0762. The van der Waals surface area contributed by atoms with Crippen molar-refractivity contribution in [1.29, 1.82) is 0 Å². The van der Waals surface area contributed by atoms with Crippen molar-refractivity contribution >= 4 is 0 Å². The van der Waals surface area contributed by atoms with Crippen LogP contribution in [0, 0.1) is 0 Å². The zero-order valence-corrected chi connectivity index (χ0v) is 12.4. The van der Waals surface area contributed by atoms with Gasteiger partial charge in [0, 0.05) is 30.4 Å². The molecule has 1 N–H and O–H groups in total. The average molecular weight is 289 g/mol. The molecule has 2 rings (SSSR count). The van der Waals surface area contributed by atoms with Gasteiger partial charge < -0.3 is 14.8 Å². The number of nitrogens with zero attached hydrogens (tertiary/aromatic N) is 2. The van der Waals surface area contributed by atoms with E-state index in [0.29, 0.717) is 12.3 Å².